The maximum Gasteiger partial charge on any atom is 0.246 e. The van der Waals surface area contributed by atoms with E-state index in [-0.39, 0.29) is 12.5 Å². The van der Waals surface area contributed by atoms with Crippen LogP contribution in [0.4, 0.5) is 0 Å². The summed E-state index contributed by atoms with van der Waals surface area (Å²) in [6.45, 7) is 5.09. The van der Waals surface area contributed by atoms with Crippen molar-refractivity contribution in [3.05, 3.63) is 70.8 Å². The summed E-state index contributed by atoms with van der Waals surface area (Å²) in [6, 6.07) is 15.7. The normalized spacial score (nSPS) is 18.8. The van der Waals surface area contributed by atoms with Crippen molar-refractivity contribution < 1.29 is 19.4 Å². The van der Waals surface area contributed by atoms with Crippen molar-refractivity contribution in [1.82, 2.24) is 9.80 Å². The van der Waals surface area contributed by atoms with Gasteiger partial charge in [-0.05, 0) is 61.7 Å². The van der Waals surface area contributed by atoms with Gasteiger partial charge in [0.2, 0.25) is 5.91 Å². The summed E-state index contributed by atoms with van der Waals surface area (Å²) >= 11 is 6.01. The lowest BCUT2D eigenvalue weighted by atomic mass is 9.89. The third-order valence-electron chi connectivity index (χ3n) is 6.48. The van der Waals surface area contributed by atoms with Crippen molar-refractivity contribution in [1.29, 1.82) is 0 Å². The van der Waals surface area contributed by atoms with E-state index in [0.29, 0.717) is 44.5 Å². The highest BCUT2D eigenvalue weighted by Gasteiger charge is 2.22. The maximum atomic E-state index is 12.4. The Balaban J connectivity index is 1.23. The van der Waals surface area contributed by atoms with Crippen molar-refractivity contribution >= 4 is 23.6 Å². The largest absolute Gasteiger partial charge is 0.490 e. The molecule has 1 atom stereocenters. The van der Waals surface area contributed by atoms with Gasteiger partial charge in [-0.15, -0.1) is 0 Å². The molecule has 0 spiro atoms. The lowest BCUT2D eigenvalue weighted by Gasteiger charge is -2.33. The Labute approximate surface area is 206 Å². The molecule has 6 nitrogen and oxygen atoms in total. The number of halogens is 1. The van der Waals surface area contributed by atoms with Crippen molar-refractivity contribution in [3.63, 3.8) is 0 Å². The first-order valence-corrected chi connectivity index (χ1v) is 12.4. The molecule has 0 bridgehead atoms. The molecule has 2 saturated heterocycles. The van der Waals surface area contributed by atoms with Gasteiger partial charge in [-0.3, -0.25) is 4.79 Å². The number of likely N-dealkylation sites (tertiary alicyclic amines) is 1. The molecule has 2 heterocycles. The Morgan fingerprint density at radius 3 is 2.53 bits per heavy atom. The van der Waals surface area contributed by atoms with Crippen LogP contribution in [0.2, 0.25) is 5.02 Å². The van der Waals surface area contributed by atoms with Crippen LogP contribution in [0.25, 0.3) is 6.08 Å². The van der Waals surface area contributed by atoms with E-state index in [4.69, 9.17) is 21.1 Å². The van der Waals surface area contributed by atoms with E-state index in [1.807, 2.05) is 36.4 Å². The van der Waals surface area contributed by atoms with E-state index in [1.54, 1.807) is 17.1 Å². The molecule has 2 fully saturated rings. The zero-order valence-corrected chi connectivity index (χ0v) is 20.2. The fraction of sp³-hybridized carbons (Fsp3) is 0.444. The third kappa shape index (κ3) is 7.06. The van der Waals surface area contributed by atoms with E-state index in [1.165, 1.54) is 5.56 Å². The van der Waals surface area contributed by atoms with Gasteiger partial charge in [-0.25, -0.2) is 0 Å². The van der Waals surface area contributed by atoms with E-state index < -0.39 is 6.10 Å². The molecule has 2 aromatic rings. The van der Waals surface area contributed by atoms with Crippen LogP contribution < -0.4 is 4.74 Å². The van der Waals surface area contributed by atoms with E-state index in [9.17, 15) is 9.90 Å². The van der Waals surface area contributed by atoms with Gasteiger partial charge in [-0.2, -0.15) is 0 Å². The topological polar surface area (TPSA) is 62.2 Å². The number of hydrogen-bond acceptors (Lipinski definition) is 5. The minimum Gasteiger partial charge on any atom is -0.490 e. The number of rotatable bonds is 8. The molecule has 7 heteroatoms. The lowest BCUT2D eigenvalue weighted by molar-refractivity contribution is -0.129. The molecule has 0 saturated carbocycles. The number of carbonyl (C=O) groups excluding carboxylic acids is 1. The standard InChI is InChI=1S/C27H33ClN2O4/c28-24-8-5-21(6-9-24)22-11-13-29(14-12-22)19-25(31)20-34-26-4-2-1-3-23(26)7-10-27(32)30-15-17-33-18-16-30/h1-10,22,25,31H,11-20H2. The summed E-state index contributed by atoms with van der Waals surface area (Å²) in [7, 11) is 0. The molecule has 1 unspecified atom stereocenters. The zero-order valence-electron chi connectivity index (χ0n) is 19.4. The SMILES string of the molecule is O=C(C=Cc1ccccc1OCC(O)CN1CCC(c2ccc(Cl)cc2)CC1)N1CCOCC1. The van der Waals surface area contributed by atoms with Gasteiger partial charge in [0.05, 0.1) is 13.2 Å². The second-order valence-corrected chi connectivity index (χ2v) is 9.34. The molecule has 0 aromatic heterocycles. The number of aliphatic hydroxyl groups is 1. The van der Waals surface area contributed by atoms with Crippen LogP contribution in [-0.2, 0) is 9.53 Å². The van der Waals surface area contributed by atoms with Crippen LogP contribution in [0.15, 0.2) is 54.6 Å². The number of piperidine rings is 1. The van der Waals surface area contributed by atoms with Crippen LogP contribution in [0.5, 0.6) is 5.75 Å². The van der Waals surface area contributed by atoms with Gasteiger partial charge < -0.3 is 24.4 Å². The predicted molar refractivity (Wildman–Crippen MR) is 134 cm³/mol. The number of morpholine rings is 1. The second-order valence-electron chi connectivity index (χ2n) is 8.90. The van der Waals surface area contributed by atoms with Gasteiger partial charge in [0.25, 0.3) is 0 Å². The lowest BCUT2D eigenvalue weighted by Crippen LogP contribution is -2.40. The molecule has 0 radical (unpaired) electrons. The number of hydrogen-bond donors (Lipinski definition) is 1. The predicted octanol–water partition coefficient (Wildman–Crippen LogP) is 3.83. The molecular weight excluding hydrogens is 452 g/mol. The van der Waals surface area contributed by atoms with Gasteiger partial charge in [0.1, 0.15) is 18.5 Å². The highest BCUT2D eigenvalue weighted by molar-refractivity contribution is 6.30. The van der Waals surface area contributed by atoms with Crippen LogP contribution >= 0.6 is 11.6 Å². The molecular formula is C27H33ClN2O4. The second kappa shape index (κ2) is 12.4. The van der Waals surface area contributed by atoms with Crippen molar-refractivity contribution in [2.75, 3.05) is 52.5 Å². The number of carbonyl (C=O) groups is 1. The number of para-hydroxylation sites is 1. The number of benzene rings is 2. The minimum atomic E-state index is -0.584. The van der Waals surface area contributed by atoms with Crippen LogP contribution in [0.1, 0.15) is 29.9 Å². The van der Waals surface area contributed by atoms with Crippen molar-refractivity contribution in [2.24, 2.45) is 0 Å². The van der Waals surface area contributed by atoms with Crippen LogP contribution in [0, 0.1) is 0 Å². The molecule has 2 aromatic carbocycles. The Morgan fingerprint density at radius 1 is 1.09 bits per heavy atom. The first-order valence-electron chi connectivity index (χ1n) is 12.0. The van der Waals surface area contributed by atoms with E-state index >= 15 is 0 Å². The summed E-state index contributed by atoms with van der Waals surface area (Å²) < 4.78 is 11.2. The summed E-state index contributed by atoms with van der Waals surface area (Å²) in [4.78, 5) is 16.5. The third-order valence-corrected chi connectivity index (χ3v) is 6.73. The van der Waals surface area contributed by atoms with Gasteiger partial charge >= 0.3 is 0 Å². The fourth-order valence-electron chi connectivity index (χ4n) is 4.52. The van der Waals surface area contributed by atoms with Gasteiger partial charge in [-0.1, -0.05) is 41.9 Å². The molecule has 2 aliphatic rings. The molecule has 1 N–H and O–H groups in total. The van der Waals surface area contributed by atoms with E-state index in [0.717, 1.165) is 36.5 Å². The van der Waals surface area contributed by atoms with Gasteiger partial charge in [0.15, 0.2) is 0 Å². The van der Waals surface area contributed by atoms with Crippen molar-refractivity contribution in [2.45, 2.75) is 24.9 Å². The Kier molecular flexibility index (Phi) is 8.99. The first kappa shape index (κ1) is 24.7. The summed E-state index contributed by atoms with van der Waals surface area (Å²) in [6.07, 6.45) is 4.91. The van der Waals surface area contributed by atoms with Crippen molar-refractivity contribution in [3.8, 4) is 5.75 Å². The Bertz CT molecular complexity index is 951. The summed E-state index contributed by atoms with van der Waals surface area (Å²) in [5.41, 5.74) is 2.16. The fourth-order valence-corrected chi connectivity index (χ4v) is 4.65. The average molecular weight is 485 g/mol. The highest BCUT2D eigenvalue weighted by atomic mass is 35.5. The Hall–Kier alpha value is -2.38. The quantitative estimate of drug-likeness (QED) is 0.577. The van der Waals surface area contributed by atoms with E-state index in [2.05, 4.69) is 17.0 Å². The average Bonchev–Trinajstić information content (AvgIpc) is 2.88. The number of aliphatic hydroxyl groups excluding tert-OH is 1. The monoisotopic (exact) mass is 484 g/mol. The Morgan fingerprint density at radius 2 is 1.79 bits per heavy atom. The molecule has 2 aliphatic heterocycles. The number of nitrogens with zero attached hydrogens (tertiary/aromatic N) is 2. The van der Waals surface area contributed by atoms with Crippen LogP contribution in [0.3, 0.4) is 0 Å². The summed E-state index contributed by atoms with van der Waals surface area (Å²) in [5, 5.41) is 11.4. The number of β-amino-alcohol motifs (C(OH)–C–C–N with tert-alkyl or cyclic N) is 1. The number of ether oxygens (including phenoxy) is 2. The smallest absolute Gasteiger partial charge is 0.246 e. The molecule has 0 aliphatic carbocycles. The zero-order chi connectivity index (χ0) is 23.8. The van der Waals surface area contributed by atoms with Gasteiger partial charge in [0, 0.05) is 36.3 Å². The molecule has 34 heavy (non-hydrogen) atoms. The molecule has 182 valence electrons. The molecule has 4 rings (SSSR count). The summed E-state index contributed by atoms with van der Waals surface area (Å²) in [5.74, 6) is 1.18. The first-order chi connectivity index (χ1) is 16.6. The minimum absolute atomic E-state index is 0.0276. The van der Waals surface area contributed by atoms with Crippen LogP contribution in [-0.4, -0.2) is 79.5 Å². The number of amides is 1. The molecule has 1 amide bonds. The maximum absolute atomic E-state index is 12.4. The highest BCUT2D eigenvalue weighted by Crippen LogP contribution is 2.29.